The number of aliphatic carboxylic acids is 1. The van der Waals surface area contributed by atoms with Gasteiger partial charge in [-0.3, -0.25) is 4.79 Å². The highest BCUT2D eigenvalue weighted by Gasteiger charge is 2.44. The van der Waals surface area contributed by atoms with Crippen LogP contribution in [0.4, 0.5) is 0 Å². The maximum absolute atomic E-state index is 10.6. The summed E-state index contributed by atoms with van der Waals surface area (Å²) in [4.78, 5) is 10.6. The van der Waals surface area contributed by atoms with Gasteiger partial charge >= 0.3 is 5.97 Å². The summed E-state index contributed by atoms with van der Waals surface area (Å²) in [6, 6.07) is 0. The number of rotatable bonds is 8. The second-order valence-corrected chi connectivity index (χ2v) is 7.84. The van der Waals surface area contributed by atoms with E-state index in [1.807, 2.05) is 19.1 Å². The molecule has 4 heteroatoms. The molecule has 26 heavy (non-hydrogen) atoms. The number of hydrogen-bond donors (Lipinski definition) is 3. The van der Waals surface area contributed by atoms with Gasteiger partial charge in [-0.2, -0.15) is 0 Å². The van der Waals surface area contributed by atoms with Crippen LogP contribution >= 0.6 is 0 Å². The molecule has 0 spiro atoms. The topological polar surface area (TPSA) is 77.8 Å². The maximum atomic E-state index is 10.6. The van der Waals surface area contributed by atoms with Crippen LogP contribution in [0.2, 0.25) is 0 Å². The van der Waals surface area contributed by atoms with Crippen molar-refractivity contribution in [1.29, 1.82) is 0 Å². The summed E-state index contributed by atoms with van der Waals surface area (Å²) in [5.41, 5.74) is 1.41. The smallest absolute Gasteiger partial charge is 0.303 e. The van der Waals surface area contributed by atoms with E-state index in [9.17, 15) is 15.0 Å². The van der Waals surface area contributed by atoms with Gasteiger partial charge in [-0.1, -0.05) is 30.7 Å². The van der Waals surface area contributed by atoms with Crippen molar-refractivity contribution in [1.82, 2.24) is 0 Å². The zero-order valence-electron chi connectivity index (χ0n) is 15.9. The van der Waals surface area contributed by atoms with Gasteiger partial charge < -0.3 is 15.3 Å². The number of aliphatic hydroxyl groups excluding tert-OH is 2. The molecule has 0 heterocycles. The van der Waals surface area contributed by atoms with Gasteiger partial charge in [0.25, 0.3) is 0 Å². The van der Waals surface area contributed by atoms with Crippen molar-refractivity contribution in [3.8, 4) is 11.8 Å². The first kappa shape index (κ1) is 20.7. The van der Waals surface area contributed by atoms with Crippen molar-refractivity contribution in [2.45, 2.75) is 71.0 Å². The Morgan fingerprint density at radius 2 is 2.15 bits per heavy atom. The third-order valence-corrected chi connectivity index (χ3v) is 5.85. The van der Waals surface area contributed by atoms with Crippen LogP contribution in [0.15, 0.2) is 23.8 Å². The van der Waals surface area contributed by atoms with E-state index in [2.05, 4.69) is 17.9 Å². The Morgan fingerprint density at radius 3 is 2.85 bits per heavy atom. The number of fused-ring (bicyclic) bond motifs is 1. The highest BCUT2D eigenvalue weighted by Crippen LogP contribution is 2.50. The van der Waals surface area contributed by atoms with Crippen molar-refractivity contribution in [2.24, 2.45) is 23.7 Å². The lowest BCUT2D eigenvalue weighted by Crippen LogP contribution is -2.19. The average molecular weight is 360 g/mol. The van der Waals surface area contributed by atoms with E-state index < -0.39 is 12.1 Å². The number of allylic oxidation sites excluding steroid dienone is 2. The Bertz CT molecular complexity index is 595. The van der Waals surface area contributed by atoms with Crippen LogP contribution < -0.4 is 0 Å². The van der Waals surface area contributed by atoms with Crippen LogP contribution in [0.3, 0.4) is 0 Å². The van der Waals surface area contributed by atoms with E-state index in [1.54, 1.807) is 6.92 Å². The fraction of sp³-hybridized carbons (Fsp3) is 0.682. The predicted molar refractivity (Wildman–Crippen MR) is 102 cm³/mol. The fourth-order valence-corrected chi connectivity index (χ4v) is 4.31. The Morgan fingerprint density at radius 1 is 1.38 bits per heavy atom. The van der Waals surface area contributed by atoms with Crippen LogP contribution in [0, 0.1) is 35.5 Å². The van der Waals surface area contributed by atoms with Gasteiger partial charge in [0.15, 0.2) is 0 Å². The molecule has 2 rings (SSSR count). The molecule has 144 valence electrons. The number of carbonyl (C=O) groups is 1. The normalized spacial score (nSPS) is 31.6. The quantitative estimate of drug-likeness (QED) is 0.351. The van der Waals surface area contributed by atoms with Crippen molar-refractivity contribution in [3.63, 3.8) is 0 Å². The lowest BCUT2D eigenvalue weighted by Gasteiger charge is -2.19. The first-order chi connectivity index (χ1) is 12.4. The predicted octanol–water partition coefficient (Wildman–Crippen LogP) is 3.54. The van der Waals surface area contributed by atoms with E-state index >= 15 is 0 Å². The van der Waals surface area contributed by atoms with Crippen LogP contribution in [0.1, 0.15) is 58.8 Å². The van der Waals surface area contributed by atoms with E-state index in [1.165, 1.54) is 5.57 Å². The molecule has 2 saturated carbocycles. The van der Waals surface area contributed by atoms with Crippen molar-refractivity contribution in [3.05, 3.63) is 23.8 Å². The first-order valence-electron chi connectivity index (χ1n) is 9.76. The Balaban J connectivity index is 1.89. The second kappa shape index (κ2) is 9.94. The van der Waals surface area contributed by atoms with E-state index in [0.717, 1.165) is 25.7 Å². The zero-order chi connectivity index (χ0) is 19.1. The molecule has 0 aliphatic heterocycles. The Kier molecular flexibility index (Phi) is 7.93. The molecule has 4 nitrogen and oxygen atoms in total. The highest BCUT2D eigenvalue weighted by atomic mass is 16.4. The molecule has 1 unspecified atom stereocenters. The van der Waals surface area contributed by atoms with Gasteiger partial charge in [0.05, 0.1) is 12.2 Å². The minimum absolute atomic E-state index is 0.0845. The molecule has 0 bridgehead atoms. The third kappa shape index (κ3) is 5.72. The van der Waals surface area contributed by atoms with Crippen molar-refractivity contribution < 1.29 is 20.1 Å². The van der Waals surface area contributed by atoms with Gasteiger partial charge in [0, 0.05) is 18.8 Å². The molecule has 0 amide bonds. The SMILES string of the molecule is CC#CCC(C)[C@@H](O)/C=C/[C@@H]1[C@H]2CC(=CCCCC(=O)O)C[C@H]2C[C@H]1O. The highest BCUT2D eigenvalue weighted by molar-refractivity contribution is 5.66. The monoisotopic (exact) mass is 360 g/mol. The minimum atomic E-state index is -0.738. The molecular formula is C22H32O4. The maximum Gasteiger partial charge on any atom is 0.303 e. The summed E-state index contributed by atoms with van der Waals surface area (Å²) in [6.45, 7) is 3.79. The summed E-state index contributed by atoms with van der Waals surface area (Å²) in [5.74, 6) is 6.25. The first-order valence-corrected chi connectivity index (χ1v) is 9.76. The van der Waals surface area contributed by atoms with Crippen molar-refractivity contribution in [2.75, 3.05) is 0 Å². The molecule has 0 radical (unpaired) electrons. The summed E-state index contributed by atoms with van der Waals surface area (Å²) >= 11 is 0. The lowest BCUT2D eigenvalue weighted by atomic mass is 9.89. The number of unbranched alkanes of at least 4 members (excludes halogenated alkanes) is 1. The largest absolute Gasteiger partial charge is 0.481 e. The minimum Gasteiger partial charge on any atom is -0.481 e. The van der Waals surface area contributed by atoms with E-state index in [0.29, 0.717) is 24.7 Å². The fourth-order valence-electron chi connectivity index (χ4n) is 4.31. The summed E-state index contributed by atoms with van der Waals surface area (Å²) in [5, 5.41) is 29.4. The summed E-state index contributed by atoms with van der Waals surface area (Å²) < 4.78 is 0. The lowest BCUT2D eigenvalue weighted by molar-refractivity contribution is -0.137. The molecule has 2 aliphatic carbocycles. The van der Waals surface area contributed by atoms with Gasteiger partial charge in [-0.15, -0.1) is 11.8 Å². The van der Waals surface area contributed by atoms with Gasteiger partial charge in [-0.05, 0) is 56.8 Å². The standard InChI is InChI=1S/C22H32O4/c1-3-4-7-15(2)20(23)11-10-18-19-13-16(8-5-6-9-22(25)26)12-17(19)14-21(18)24/h8,10-11,15,17-21,23-24H,5-7,9,12-14H2,1-2H3,(H,25,26)/b11-10+,16-8?/t15?,17-,18+,19-,20-,21+/m0/s1. The number of aliphatic hydroxyl groups is 2. The van der Waals surface area contributed by atoms with E-state index in [4.69, 9.17) is 5.11 Å². The van der Waals surface area contributed by atoms with E-state index in [-0.39, 0.29) is 24.4 Å². The van der Waals surface area contributed by atoms with Gasteiger partial charge in [-0.25, -0.2) is 0 Å². The number of carboxylic acid groups (broad SMARTS) is 1. The van der Waals surface area contributed by atoms with Gasteiger partial charge in [0.2, 0.25) is 0 Å². The van der Waals surface area contributed by atoms with Crippen LogP contribution in [-0.2, 0) is 4.79 Å². The van der Waals surface area contributed by atoms with Crippen LogP contribution in [0.25, 0.3) is 0 Å². The molecule has 0 saturated heterocycles. The molecule has 0 aromatic carbocycles. The number of hydrogen-bond acceptors (Lipinski definition) is 3. The van der Waals surface area contributed by atoms with Gasteiger partial charge in [0.1, 0.15) is 0 Å². The molecule has 6 atom stereocenters. The molecule has 0 aromatic rings. The Hall–Kier alpha value is -1.57. The zero-order valence-corrected chi connectivity index (χ0v) is 15.9. The molecule has 2 aliphatic rings. The van der Waals surface area contributed by atoms with Crippen LogP contribution in [0.5, 0.6) is 0 Å². The third-order valence-electron chi connectivity index (χ3n) is 5.85. The summed E-state index contributed by atoms with van der Waals surface area (Å²) in [7, 11) is 0. The molecular weight excluding hydrogens is 328 g/mol. The molecule has 0 aromatic heterocycles. The molecule has 2 fully saturated rings. The Labute approximate surface area is 157 Å². The average Bonchev–Trinajstić information content (AvgIpc) is 3.10. The summed E-state index contributed by atoms with van der Waals surface area (Å²) in [6.07, 6.45) is 10.4. The van der Waals surface area contributed by atoms with Crippen LogP contribution in [-0.4, -0.2) is 33.5 Å². The van der Waals surface area contributed by atoms with Crippen molar-refractivity contribution >= 4 is 5.97 Å². The second-order valence-electron chi connectivity index (χ2n) is 7.84. The molecule has 3 N–H and O–H groups in total. The number of carboxylic acids is 1.